The smallest absolute Gasteiger partial charge is 0.219 e. The fourth-order valence-electron chi connectivity index (χ4n) is 4.51. The number of carbonyl (C=O) groups excluding carboxylic acids is 1. The minimum Gasteiger partial charge on any atom is -0.468 e. The highest BCUT2D eigenvalue weighted by atomic mass is 16.5. The van der Waals surface area contributed by atoms with Crippen LogP contribution in [0.25, 0.3) is 0 Å². The normalized spacial score (nSPS) is 26.4. The van der Waals surface area contributed by atoms with Crippen molar-refractivity contribution in [2.24, 2.45) is 17.3 Å². The minimum absolute atomic E-state index is 0.210. The second-order valence-corrected chi connectivity index (χ2v) is 8.30. The number of carbonyl (C=O) groups is 1. The molecule has 1 atom stereocenters. The van der Waals surface area contributed by atoms with Crippen molar-refractivity contribution in [3.63, 3.8) is 0 Å². The van der Waals surface area contributed by atoms with E-state index in [9.17, 15) is 4.79 Å². The molecular formula is C20H30N2O3. The van der Waals surface area contributed by atoms with Crippen molar-refractivity contribution in [1.29, 1.82) is 0 Å². The number of ether oxygens (including phenoxy) is 1. The Bertz CT molecular complexity index is 574. The average molecular weight is 346 g/mol. The number of piperidine rings is 1. The van der Waals surface area contributed by atoms with Gasteiger partial charge in [-0.2, -0.15) is 0 Å². The first-order chi connectivity index (χ1) is 12.1. The zero-order chi connectivity index (χ0) is 17.3. The predicted molar refractivity (Wildman–Crippen MR) is 94.9 cm³/mol. The third-order valence-corrected chi connectivity index (χ3v) is 6.44. The monoisotopic (exact) mass is 346 g/mol. The van der Waals surface area contributed by atoms with E-state index in [-0.39, 0.29) is 11.3 Å². The van der Waals surface area contributed by atoms with Crippen LogP contribution in [-0.2, 0) is 16.1 Å². The van der Waals surface area contributed by atoms with E-state index in [1.54, 1.807) is 13.2 Å². The van der Waals surface area contributed by atoms with Crippen LogP contribution in [-0.4, -0.2) is 55.1 Å². The topological polar surface area (TPSA) is 45.9 Å². The molecule has 3 heterocycles. The molecular weight excluding hydrogens is 316 g/mol. The molecule has 138 valence electrons. The number of hydrogen-bond acceptors (Lipinski definition) is 4. The Balaban J connectivity index is 1.36. The molecule has 25 heavy (non-hydrogen) atoms. The van der Waals surface area contributed by atoms with E-state index in [1.807, 2.05) is 17.0 Å². The highest BCUT2D eigenvalue weighted by molar-refractivity contribution is 5.73. The molecule has 3 aliphatic rings. The van der Waals surface area contributed by atoms with Crippen molar-refractivity contribution >= 4 is 5.91 Å². The molecule has 5 heteroatoms. The molecule has 2 saturated heterocycles. The molecule has 1 aromatic heterocycles. The largest absolute Gasteiger partial charge is 0.468 e. The van der Waals surface area contributed by atoms with E-state index < -0.39 is 0 Å². The van der Waals surface area contributed by atoms with Gasteiger partial charge in [-0.25, -0.2) is 0 Å². The SMILES string of the molecule is CC(=O)N1C[C@H](COCC2CC2)C2(CCN(Cc3ccco3)CC2)C1. The van der Waals surface area contributed by atoms with Crippen LogP contribution in [0.1, 0.15) is 38.4 Å². The van der Waals surface area contributed by atoms with Crippen molar-refractivity contribution in [1.82, 2.24) is 9.80 Å². The van der Waals surface area contributed by atoms with Gasteiger partial charge in [0.05, 0.1) is 19.4 Å². The molecule has 2 aliphatic heterocycles. The van der Waals surface area contributed by atoms with E-state index in [4.69, 9.17) is 9.15 Å². The van der Waals surface area contributed by atoms with E-state index >= 15 is 0 Å². The molecule has 1 aliphatic carbocycles. The summed E-state index contributed by atoms with van der Waals surface area (Å²) in [4.78, 5) is 16.5. The Morgan fingerprint density at radius 2 is 2.12 bits per heavy atom. The number of likely N-dealkylation sites (tertiary alicyclic amines) is 2. The molecule has 0 bridgehead atoms. The molecule has 3 fully saturated rings. The summed E-state index contributed by atoms with van der Waals surface area (Å²) in [5.41, 5.74) is 0.245. The molecule has 0 aromatic carbocycles. The summed E-state index contributed by atoms with van der Waals surface area (Å²) in [6, 6.07) is 4.00. The van der Waals surface area contributed by atoms with Crippen LogP contribution in [0.15, 0.2) is 22.8 Å². The number of hydrogen-bond donors (Lipinski definition) is 0. The number of rotatable bonds is 6. The van der Waals surface area contributed by atoms with Gasteiger partial charge in [-0.05, 0) is 62.2 Å². The summed E-state index contributed by atoms with van der Waals surface area (Å²) in [7, 11) is 0. The van der Waals surface area contributed by atoms with Crippen LogP contribution in [0.4, 0.5) is 0 Å². The molecule has 1 spiro atoms. The summed E-state index contributed by atoms with van der Waals surface area (Å²) in [5, 5.41) is 0. The summed E-state index contributed by atoms with van der Waals surface area (Å²) in [6.07, 6.45) is 6.70. The highest BCUT2D eigenvalue weighted by Gasteiger charge is 2.48. The van der Waals surface area contributed by atoms with Gasteiger partial charge in [0.2, 0.25) is 5.91 Å². The molecule has 1 saturated carbocycles. The van der Waals surface area contributed by atoms with Gasteiger partial charge in [-0.15, -0.1) is 0 Å². The first kappa shape index (κ1) is 17.1. The van der Waals surface area contributed by atoms with E-state index in [2.05, 4.69) is 4.90 Å². The molecule has 1 amide bonds. The van der Waals surface area contributed by atoms with E-state index in [0.29, 0.717) is 5.92 Å². The predicted octanol–water partition coefficient (Wildman–Crippen LogP) is 2.77. The maximum absolute atomic E-state index is 11.9. The molecule has 5 nitrogen and oxygen atoms in total. The Labute approximate surface area is 150 Å². The second kappa shape index (κ2) is 7.12. The van der Waals surface area contributed by atoms with Crippen molar-refractivity contribution < 1.29 is 13.9 Å². The van der Waals surface area contributed by atoms with Crippen molar-refractivity contribution in [3.8, 4) is 0 Å². The standard InChI is InChI=1S/C20H30N2O3/c1-16(23)22-11-18(14-24-13-17-4-5-17)20(15-22)6-8-21(9-7-20)12-19-3-2-10-25-19/h2-3,10,17-18H,4-9,11-15H2,1H3/t18-/m1/s1. The van der Waals surface area contributed by atoms with Crippen LogP contribution in [0.2, 0.25) is 0 Å². The first-order valence-electron chi connectivity index (χ1n) is 9.73. The minimum atomic E-state index is 0.210. The molecule has 1 aromatic rings. The number of nitrogens with zero attached hydrogens (tertiary/aromatic N) is 2. The average Bonchev–Trinajstić information content (AvgIpc) is 3.15. The van der Waals surface area contributed by atoms with Gasteiger partial charge in [-0.1, -0.05) is 0 Å². The molecule has 0 radical (unpaired) electrons. The van der Waals surface area contributed by atoms with E-state index in [1.165, 1.54) is 12.8 Å². The van der Waals surface area contributed by atoms with Gasteiger partial charge in [0.1, 0.15) is 5.76 Å². The molecule has 0 N–H and O–H groups in total. The summed E-state index contributed by atoms with van der Waals surface area (Å²) < 4.78 is 11.5. The summed E-state index contributed by atoms with van der Waals surface area (Å²) in [6.45, 7) is 8.26. The van der Waals surface area contributed by atoms with Crippen LogP contribution >= 0.6 is 0 Å². The quantitative estimate of drug-likeness (QED) is 0.795. The number of amides is 1. The Morgan fingerprint density at radius 3 is 2.76 bits per heavy atom. The lowest BCUT2D eigenvalue weighted by molar-refractivity contribution is -0.128. The maximum Gasteiger partial charge on any atom is 0.219 e. The highest BCUT2D eigenvalue weighted by Crippen LogP contribution is 2.45. The van der Waals surface area contributed by atoms with Crippen LogP contribution in [0.5, 0.6) is 0 Å². The third-order valence-electron chi connectivity index (χ3n) is 6.44. The lowest BCUT2D eigenvalue weighted by atomic mass is 9.71. The summed E-state index contributed by atoms with van der Waals surface area (Å²) in [5.74, 6) is 2.54. The lowest BCUT2D eigenvalue weighted by Crippen LogP contribution is -2.45. The third kappa shape index (κ3) is 3.93. The van der Waals surface area contributed by atoms with Crippen molar-refractivity contribution in [3.05, 3.63) is 24.2 Å². The van der Waals surface area contributed by atoms with Gasteiger partial charge in [-0.3, -0.25) is 9.69 Å². The van der Waals surface area contributed by atoms with Crippen molar-refractivity contribution in [2.75, 3.05) is 39.4 Å². The Hall–Kier alpha value is -1.33. The zero-order valence-corrected chi connectivity index (χ0v) is 15.3. The van der Waals surface area contributed by atoms with Crippen molar-refractivity contribution in [2.45, 2.75) is 39.2 Å². The molecule has 0 unspecified atom stereocenters. The fraction of sp³-hybridized carbons (Fsp3) is 0.750. The number of furan rings is 1. The van der Waals surface area contributed by atoms with Crippen LogP contribution in [0, 0.1) is 17.3 Å². The van der Waals surface area contributed by atoms with Crippen LogP contribution in [0.3, 0.4) is 0 Å². The van der Waals surface area contributed by atoms with E-state index in [0.717, 1.165) is 70.5 Å². The van der Waals surface area contributed by atoms with Gasteiger partial charge in [0.15, 0.2) is 0 Å². The van der Waals surface area contributed by atoms with Crippen LogP contribution < -0.4 is 0 Å². The van der Waals surface area contributed by atoms with Gasteiger partial charge >= 0.3 is 0 Å². The van der Waals surface area contributed by atoms with Gasteiger partial charge in [0, 0.05) is 32.5 Å². The Kier molecular flexibility index (Phi) is 4.87. The fourth-order valence-corrected chi connectivity index (χ4v) is 4.51. The summed E-state index contributed by atoms with van der Waals surface area (Å²) >= 11 is 0. The molecule has 4 rings (SSSR count). The van der Waals surface area contributed by atoms with Gasteiger partial charge < -0.3 is 14.1 Å². The first-order valence-corrected chi connectivity index (χ1v) is 9.73. The second-order valence-electron chi connectivity index (χ2n) is 8.30. The Morgan fingerprint density at radius 1 is 1.32 bits per heavy atom. The van der Waals surface area contributed by atoms with Gasteiger partial charge in [0.25, 0.3) is 0 Å². The zero-order valence-electron chi connectivity index (χ0n) is 15.3. The maximum atomic E-state index is 11.9. The lowest BCUT2D eigenvalue weighted by Gasteiger charge is -2.42.